The van der Waals surface area contributed by atoms with E-state index in [-0.39, 0.29) is 0 Å². The van der Waals surface area contributed by atoms with Crippen LogP contribution in [0.25, 0.3) is 0 Å². The summed E-state index contributed by atoms with van der Waals surface area (Å²) in [5.74, 6) is -0.831. The van der Waals surface area contributed by atoms with Crippen molar-refractivity contribution < 1.29 is 9.90 Å². The molecule has 1 aliphatic rings. The van der Waals surface area contributed by atoms with Crippen LogP contribution in [-0.2, 0) is 13.0 Å². The molecule has 4 heteroatoms. The molecular weight excluding hydrogens is 168 g/mol. The summed E-state index contributed by atoms with van der Waals surface area (Å²) in [6.07, 6.45) is 2.42. The van der Waals surface area contributed by atoms with E-state index in [4.69, 9.17) is 5.11 Å². The molecule has 0 saturated heterocycles. The van der Waals surface area contributed by atoms with Crippen LogP contribution in [0.5, 0.6) is 0 Å². The minimum atomic E-state index is -0.831. The van der Waals surface area contributed by atoms with Gasteiger partial charge in [-0.15, -0.1) is 0 Å². The number of hydrogen-bond acceptors (Lipinski definition) is 2. The van der Waals surface area contributed by atoms with Gasteiger partial charge in [-0.1, -0.05) is 0 Å². The minimum Gasteiger partial charge on any atom is -0.478 e. The average molecular weight is 180 g/mol. The van der Waals surface area contributed by atoms with Gasteiger partial charge in [0, 0.05) is 25.0 Å². The molecule has 4 nitrogen and oxygen atoms in total. The first kappa shape index (κ1) is 8.31. The standard InChI is InChI=1S/C9H12N2O2/c1-11-3-2-6-7(9(12)13)4-10-8(6)5-11/h4,10H,2-3,5H2,1H3,(H,12,13). The number of nitrogens with one attached hydrogen (secondary N) is 1. The summed E-state index contributed by atoms with van der Waals surface area (Å²) in [6, 6.07) is 0. The molecule has 0 unspecified atom stereocenters. The number of likely N-dealkylation sites (N-methyl/N-ethyl adjacent to an activating group) is 1. The normalized spacial score (nSPS) is 17.0. The van der Waals surface area contributed by atoms with Crippen molar-refractivity contribution in [2.45, 2.75) is 13.0 Å². The van der Waals surface area contributed by atoms with E-state index in [0.717, 1.165) is 30.8 Å². The van der Waals surface area contributed by atoms with Crippen molar-refractivity contribution in [3.63, 3.8) is 0 Å². The van der Waals surface area contributed by atoms with Crippen LogP contribution in [0.15, 0.2) is 6.20 Å². The van der Waals surface area contributed by atoms with E-state index < -0.39 is 5.97 Å². The quantitative estimate of drug-likeness (QED) is 0.669. The molecule has 0 radical (unpaired) electrons. The van der Waals surface area contributed by atoms with Gasteiger partial charge in [-0.3, -0.25) is 0 Å². The summed E-state index contributed by atoms with van der Waals surface area (Å²) >= 11 is 0. The van der Waals surface area contributed by atoms with E-state index in [2.05, 4.69) is 9.88 Å². The molecule has 2 rings (SSSR count). The van der Waals surface area contributed by atoms with Gasteiger partial charge in [-0.25, -0.2) is 4.79 Å². The summed E-state index contributed by atoms with van der Waals surface area (Å²) in [5, 5.41) is 8.86. The summed E-state index contributed by atoms with van der Waals surface area (Å²) in [4.78, 5) is 16.0. The second-order valence-corrected chi connectivity index (χ2v) is 3.45. The van der Waals surface area contributed by atoms with Crippen LogP contribution in [0, 0.1) is 0 Å². The molecule has 0 spiro atoms. The number of hydrogen-bond donors (Lipinski definition) is 2. The van der Waals surface area contributed by atoms with Gasteiger partial charge in [0.1, 0.15) is 0 Å². The zero-order chi connectivity index (χ0) is 9.42. The van der Waals surface area contributed by atoms with Crippen LogP contribution in [0.2, 0.25) is 0 Å². The second-order valence-electron chi connectivity index (χ2n) is 3.45. The van der Waals surface area contributed by atoms with Gasteiger partial charge in [0.15, 0.2) is 0 Å². The van der Waals surface area contributed by atoms with Gasteiger partial charge in [-0.2, -0.15) is 0 Å². The molecule has 0 atom stereocenters. The monoisotopic (exact) mass is 180 g/mol. The van der Waals surface area contributed by atoms with Crippen molar-refractivity contribution >= 4 is 5.97 Å². The van der Waals surface area contributed by atoms with Gasteiger partial charge < -0.3 is 15.0 Å². The fourth-order valence-corrected chi connectivity index (χ4v) is 1.77. The van der Waals surface area contributed by atoms with E-state index in [1.54, 1.807) is 6.20 Å². The molecule has 13 heavy (non-hydrogen) atoms. The highest BCUT2D eigenvalue weighted by molar-refractivity contribution is 5.89. The molecule has 70 valence electrons. The predicted octanol–water partition coefficient (Wildman–Crippen LogP) is 0.701. The Morgan fingerprint density at radius 1 is 1.69 bits per heavy atom. The highest BCUT2D eigenvalue weighted by atomic mass is 16.4. The zero-order valence-corrected chi connectivity index (χ0v) is 7.50. The molecule has 2 N–H and O–H groups in total. The minimum absolute atomic E-state index is 0.433. The van der Waals surface area contributed by atoms with E-state index in [1.807, 2.05) is 7.05 Å². The van der Waals surface area contributed by atoms with Crippen molar-refractivity contribution in [2.24, 2.45) is 0 Å². The molecule has 0 aliphatic carbocycles. The number of carbonyl (C=O) groups is 1. The number of aromatic nitrogens is 1. The first-order valence-corrected chi connectivity index (χ1v) is 4.29. The van der Waals surface area contributed by atoms with Gasteiger partial charge in [0.25, 0.3) is 0 Å². The fraction of sp³-hybridized carbons (Fsp3) is 0.444. The molecule has 0 amide bonds. The highest BCUT2D eigenvalue weighted by Gasteiger charge is 2.20. The van der Waals surface area contributed by atoms with Crippen molar-refractivity contribution in [3.05, 3.63) is 23.0 Å². The Labute approximate surface area is 76.2 Å². The zero-order valence-electron chi connectivity index (χ0n) is 7.50. The Kier molecular flexibility index (Phi) is 1.84. The number of nitrogens with zero attached hydrogens (tertiary/aromatic N) is 1. The van der Waals surface area contributed by atoms with E-state index in [0.29, 0.717) is 5.56 Å². The molecule has 0 saturated carbocycles. The first-order chi connectivity index (χ1) is 6.18. The number of carboxylic acid groups (broad SMARTS) is 1. The summed E-state index contributed by atoms with van der Waals surface area (Å²) in [6.45, 7) is 1.76. The molecule has 0 fully saturated rings. The molecule has 0 bridgehead atoms. The second kappa shape index (κ2) is 2.88. The molecular formula is C9H12N2O2. The van der Waals surface area contributed by atoms with Gasteiger partial charge >= 0.3 is 5.97 Å². The number of aromatic carboxylic acids is 1. The summed E-state index contributed by atoms with van der Waals surface area (Å²) in [7, 11) is 2.03. The van der Waals surface area contributed by atoms with Crippen molar-refractivity contribution in [2.75, 3.05) is 13.6 Å². The highest BCUT2D eigenvalue weighted by Crippen LogP contribution is 2.20. The fourth-order valence-electron chi connectivity index (χ4n) is 1.77. The lowest BCUT2D eigenvalue weighted by Gasteiger charge is -2.22. The summed E-state index contributed by atoms with van der Waals surface area (Å²) in [5.41, 5.74) is 2.46. The Morgan fingerprint density at radius 2 is 2.46 bits per heavy atom. The molecule has 1 aromatic rings. The summed E-state index contributed by atoms with van der Waals surface area (Å²) < 4.78 is 0. The maximum absolute atomic E-state index is 10.8. The Morgan fingerprint density at radius 3 is 3.15 bits per heavy atom. The van der Waals surface area contributed by atoms with Crippen LogP contribution < -0.4 is 0 Å². The third-order valence-electron chi connectivity index (χ3n) is 2.48. The number of aromatic amines is 1. The molecule has 1 aliphatic heterocycles. The Hall–Kier alpha value is -1.29. The predicted molar refractivity (Wildman–Crippen MR) is 47.8 cm³/mol. The maximum atomic E-state index is 10.8. The first-order valence-electron chi connectivity index (χ1n) is 4.29. The van der Waals surface area contributed by atoms with Crippen LogP contribution in [0.1, 0.15) is 21.6 Å². The SMILES string of the molecule is CN1CCc2c(C(=O)O)c[nH]c2C1. The van der Waals surface area contributed by atoms with Crippen LogP contribution >= 0.6 is 0 Å². The Balaban J connectivity index is 2.39. The number of carboxylic acids is 1. The van der Waals surface area contributed by atoms with Gasteiger partial charge in [0.2, 0.25) is 0 Å². The Bertz CT molecular complexity index is 343. The van der Waals surface area contributed by atoms with Crippen LogP contribution in [0.4, 0.5) is 0 Å². The lowest BCUT2D eigenvalue weighted by molar-refractivity contribution is 0.0695. The smallest absolute Gasteiger partial charge is 0.337 e. The largest absolute Gasteiger partial charge is 0.478 e. The third-order valence-corrected chi connectivity index (χ3v) is 2.48. The van der Waals surface area contributed by atoms with Crippen LogP contribution in [-0.4, -0.2) is 34.6 Å². The van der Waals surface area contributed by atoms with Gasteiger partial charge in [0.05, 0.1) is 5.56 Å². The maximum Gasteiger partial charge on any atom is 0.337 e. The molecule has 0 aromatic carbocycles. The topological polar surface area (TPSA) is 56.3 Å². The third kappa shape index (κ3) is 1.33. The van der Waals surface area contributed by atoms with Gasteiger partial charge in [-0.05, 0) is 19.0 Å². The van der Waals surface area contributed by atoms with Crippen molar-refractivity contribution in [1.82, 2.24) is 9.88 Å². The van der Waals surface area contributed by atoms with Crippen molar-refractivity contribution in [1.29, 1.82) is 0 Å². The molecule has 2 heterocycles. The number of H-pyrrole nitrogens is 1. The van der Waals surface area contributed by atoms with Crippen molar-refractivity contribution in [3.8, 4) is 0 Å². The lowest BCUT2D eigenvalue weighted by atomic mass is 10.0. The lowest BCUT2D eigenvalue weighted by Crippen LogP contribution is -2.26. The van der Waals surface area contributed by atoms with E-state index in [9.17, 15) is 4.79 Å². The molecule has 1 aromatic heterocycles. The number of rotatable bonds is 1. The van der Waals surface area contributed by atoms with Crippen LogP contribution in [0.3, 0.4) is 0 Å². The average Bonchev–Trinajstić information content (AvgIpc) is 2.46. The number of fused-ring (bicyclic) bond motifs is 1. The van der Waals surface area contributed by atoms with E-state index in [1.165, 1.54) is 0 Å². The van der Waals surface area contributed by atoms with E-state index >= 15 is 0 Å².